The van der Waals surface area contributed by atoms with Crippen LogP contribution in [0.15, 0.2) is 24.3 Å². The van der Waals surface area contributed by atoms with Crippen LogP contribution in [0.2, 0.25) is 0 Å². The molecule has 3 heteroatoms. The summed E-state index contributed by atoms with van der Waals surface area (Å²) in [5.41, 5.74) is 1.06. The van der Waals surface area contributed by atoms with E-state index in [9.17, 15) is 10.2 Å². The van der Waals surface area contributed by atoms with Crippen LogP contribution in [0.25, 0.3) is 0 Å². The number of rotatable bonds is 10. The molecule has 0 aromatic rings. The topological polar surface area (TPSA) is 60.7 Å². The maximum absolute atomic E-state index is 10.0. The van der Waals surface area contributed by atoms with Crippen molar-refractivity contribution in [3.63, 3.8) is 0 Å². The fourth-order valence-corrected chi connectivity index (χ4v) is 1.79. The molecule has 0 aliphatic rings. The third-order valence-electron chi connectivity index (χ3n) is 3.35. The molecule has 0 aliphatic heterocycles. The van der Waals surface area contributed by atoms with Gasteiger partial charge in [-0.25, -0.2) is 0 Å². The maximum Gasteiger partial charge on any atom is 0.0650 e. The standard InChI is InChI=1S/C15H28O3/c1-4-13(3)15(18)14(11-17)9-5-7-12(2)8-6-10-16/h5,9,13-18H,2,4,6-8,10-11H2,1,3H3/b9-5+/t13-,14-,15+/m0/s1. The Balaban J connectivity index is 4.15. The van der Waals surface area contributed by atoms with Crippen LogP contribution in [0.4, 0.5) is 0 Å². The lowest BCUT2D eigenvalue weighted by Crippen LogP contribution is -2.28. The van der Waals surface area contributed by atoms with E-state index in [1.165, 1.54) is 0 Å². The Morgan fingerprint density at radius 3 is 2.50 bits per heavy atom. The molecule has 3 N–H and O–H groups in total. The Morgan fingerprint density at radius 1 is 1.33 bits per heavy atom. The minimum Gasteiger partial charge on any atom is -0.396 e. The summed E-state index contributed by atoms with van der Waals surface area (Å²) >= 11 is 0. The van der Waals surface area contributed by atoms with Crippen LogP contribution < -0.4 is 0 Å². The van der Waals surface area contributed by atoms with Crippen LogP contribution in [0.3, 0.4) is 0 Å². The van der Waals surface area contributed by atoms with Gasteiger partial charge in [-0.3, -0.25) is 0 Å². The molecule has 0 aliphatic carbocycles. The monoisotopic (exact) mass is 256 g/mol. The summed E-state index contributed by atoms with van der Waals surface area (Å²) in [6, 6.07) is 0. The van der Waals surface area contributed by atoms with Gasteiger partial charge < -0.3 is 15.3 Å². The van der Waals surface area contributed by atoms with Gasteiger partial charge >= 0.3 is 0 Å². The molecule has 106 valence electrons. The van der Waals surface area contributed by atoms with E-state index >= 15 is 0 Å². The Kier molecular flexibility index (Phi) is 9.93. The highest BCUT2D eigenvalue weighted by molar-refractivity contribution is 5.04. The summed E-state index contributed by atoms with van der Waals surface area (Å²) in [4.78, 5) is 0. The predicted molar refractivity (Wildman–Crippen MR) is 75.3 cm³/mol. The Morgan fingerprint density at radius 2 is 2.00 bits per heavy atom. The van der Waals surface area contributed by atoms with Gasteiger partial charge in [0, 0.05) is 12.5 Å². The Hall–Kier alpha value is -0.640. The van der Waals surface area contributed by atoms with Crippen LogP contribution in [0.1, 0.15) is 39.5 Å². The zero-order valence-corrected chi connectivity index (χ0v) is 11.7. The van der Waals surface area contributed by atoms with E-state index in [0.29, 0.717) is 0 Å². The highest BCUT2D eigenvalue weighted by atomic mass is 16.3. The average Bonchev–Trinajstić information content (AvgIpc) is 2.39. The first kappa shape index (κ1) is 17.4. The fourth-order valence-electron chi connectivity index (χ4n) is 1.79. The van der Waals surface area contributed by atoms with Gasteiger partial charge in [-0.1, -0.05) is 44.6 Å². The lowest BCUT2D eigenvalue weighted by Gasteiger charge is -2.23. The molecular weight excluding hydrogens is 228 g/mol. The number of aliphatic hydroxyl groups is 3. The number of allylic oxidation sites excluding steroid dienone is 2. The lowest BCUT2D eigenvalue weighted by molar-refractivity contribution is 0.0481. The highest BCUT2D eigenvalue weighted by Crippen LogP contribution is 2.18. The van der Waals surface area contributed by atoms with Crippen molar-refractivity contribution in [1.82, 2.24) is 0 Å². The fraction of sp³-hybridized carbons (Fsp3) is 0.733. The molecule has 0 unspecified atom stereocenters. The molecular formula is C15H28O3. The average molecular weight is 256 g/mol. The van der Waals surface area contributed by atoms with Gasteiger partial charge in [-0.2, -0.15) is 0 Å². The Bertz CT molecular complexity index is 248. The van der Waals surface area contributed by atoms with Crippen molar-refractivity contribution in [2.45, 2.75) is 45.6 Å². The number of hydrogen-bond donors (Lipinski definition) is 3. The predicted octanol–water partition coefficient (Wildman–Crippen LogP) is 2.28. The van der Waals surface area contributed by atoms with Crippen molar-refractivity contribution in [2.75, 3.05) is 13.2 Å². The Labute approximate surface area is 111 Å². The molecule has 0 aromatic carbocycles. The molecule has 3 atom stereocenters. The quantitative estimate of drug-likeness (QED) is 0.526. The molecule has 0 saturated heterocycles. The van der Waals surface area contributed by atoms with Crippen LogP contribution in [0, 0.1) is 11.8 Å². The van der Waals surface area contributed by atoms with Crippen molar-refractivity contribution >= 4 is 0 Å². The van der Waals surface area contributed by atoms with Crippen LogP contribution >= 0.6 is 0 Å². The summed E-state index contributed by atoms with van der Waals surface area (Å²) in [6.45, 7) is 8.09. The van der Waals surface area contributed by atoms with Crippen LogP contribution in [0.5, 0.6) is 0 Å². The first-order valence-corrected chi connectivity index (χ1v) is 6.79. The highest BCUT2D eigenvalue weighted by Gasteiger charge is 2.20. The van der Waals surface area contributed by atoms with Gasteiger partial charge in [0.25, 0.3) is 0 Å². The van der Waals surface area contributed by atoms with E-state index in [0.717, 1.165) is 31.3 Å². The molecule has 0 rings (SSSR count). The summed E-state index contributed by atoms with van der Waals surface area (Å²) in [7, 11) is 0. The molecule has 18 heavy (non-hydrogen) atoms. The van der Waals surface area contributed by atoms with E-state index < -0.39 is 6.10 Å². The third-order valence-corrected chi connectivity index (χ3v) is 3.35. The van der Waals surface area contributed by atoms with Gasteiger partial charge in [-0.05, 0) is 25.2 Å². The summed E-state index contributed by atoms with van der Waals surface area (Å²) < 4.78 is 0. The molecule has 0 amide bonds. The summed E-state index contributed by atoms with van der Waals surface area (Å²) in [6.07, 6.45) is 6.53. The zero-order valence-electron chi connectivity index (χ0n) is 11.7. The van der Waals surface area contributed by atoms with Gasteiger partial charge in [0.2, 0.25) is 0 Å². The van der Waals surface area contributed by atoms with Crippen molar-refractivity contribution < 1.29 is 15.3 Å². The first-order valence-electron chi connectivity index (χ1n) is 6.79. The number of hydrogen-bond acceptors (Lipinski definition) is 3. The van der Waals surface area contributed by atoms with E-state index in [1.807, 2.05) is 26.0 Å². The molecule has 0 heterocycles. The summed E-state index contributed by atoms with van der Waals surface area (Å²) in [5.74, 6) is -0.0185. The van der Waals surface area contributed by atoms with Crippen molar-refractivity contribution in [2.24, 2.45) is 11.8 Å². The zero-order chi connectivity index (χ0) is 14.0. The van der Waals surface area contributed by atoms with E-state index in [2.05, 4.69) is 6.58 Å². The second kappa shape index (κ2) is 10.3. The molecule has 0 radical (unpaired) electrons. The molecule has 0 spiro atoms. The van der Waals surface area contributed by atoms with Gasteiger partial charge in [-0.15, -0.1) is 0 Å². The molecule has 0 aromatic heterocycles. The first-order chi connectivity index (χ1) is 8.56. The smallest absolute Gasteiger partial charge is 0.0650 e. The molecule has 0 saturated carbocycles. The van der Waals surface area contributed by atoms with Crippen molar-refractivity contribution in [3.05, 3.63) is 24.3 Å². The van der Waals surface area contributed by atoms with Crippen LogP contribution in [-0.4, -0.2) is 34.6 Å². The van der Waals surface area contributed by atoms with E-state index in [-0.39, 0.29) is 25.0 Å². The minimum atomic E-state index is -0.498. The van der Waals surface area contributed by atoms with E-state index in [1.54, 1.807) is 0 Å². The van der Waals surface area contributed by atoms with Gasteiger partial charge in [0.15, 0.2) is 0 Å². The second-order valence-corrected chi connectivity index (χ2v) is 4.93. The molecule has 0 bridgehead atoms. The maximum atomic E-state index is 10.0. The third kappa shape index (κ3) is 6.94. The second-order valence-electron chi connectivity index (χ2n) is 4.93. The minimum absolute atomic E-state index is 0.0366. The van der Waals surface area contributed by atoms with E-state index in [4.69, 9.17) is 5.11 Å². The lowest BCUT2D eigenvalue weighted by atomic mass is 9.90. The van der Waals surface area contributed by atoms with Gasteiger partial charge in [0.05, 0.1) is 12.7 Å². The van der Waals surface area contributed by atoms with Crippen molar-refractivity contribution in [3.8, 4) is 0 Å². The molecule has 3 nitrogen and oxygen atoms in total. The van der Waals surface area contributed by atoms with Crippen LogP contribution in [-0.2, 0) is 0 Å². The largest absolute Gasteiger partial charge is 0.396 e. The van der Waals surface area contributed by atoms with Gasteiger partial charge in [0.1, 0.15) is 0 Å². The van der Waals surface area contributed by atoms with Crippen molar-refractivity contribution in [1.29, 1.82) is 0 Å². The SMILES string of the molecule is C=C(C/C=C/[C@@H](CO)[C@H](O)[C@@H](C)CC)CCCO. The molecule has 0 fully saturated rings. The normalized spacial score (nSPS) is 16.7. The summed E-state index contributed by atoms with van der Waals surface area (Å²) in [5, 5.41) is 28.0. The number of aliphatic hydroxyl groups excluding tert-OH is 3.